The van der Waals surface area contributed by atoms with Crippen LogP contribution in [0.2, 0.25) is 0 Å². The number of anilines is 4. The summed E-state index contributed by atoms with van der Waals surface area (Å²) in [4.78, 5) is 2.28. The number of hydrogen-bond acceptors (Lipinski definition) is 5. The Labute approximate surface area is 470 Å². The Morgan fingerprint density at radius 2 is 0.425 bits per heavy atom. The molecule has 0 amide bonds. The quantitative estimate of drug-likeness (QED) is 0.0821. The SMILES string of the molecule is Nc1cc(N=P(c2ccccc2)(c2ccccc2)c2ccccc2)cc(N(c2ccc(N=P(c3ccccc3)(c3ccccc3)c3ccccc3)cc2)c2ccc(N=P(c3ccccc3)(c3ccccc3)c3ccccc3)cc2)c1. The predicted molar refractivity (Wildman–Crippen MR) is 347 cm³/mol. The van der Waals surface area contributed by atoms with E-state index in [1.54, 1.807) is 0 Å². The van der Waals surface area contributed by atoms with Gasteiger partial charge in [-0.1, -0.05) is 273 Å². The van der Waals surface area contributed by atoms with Crippen molar-refractivity contribution < 1.29 is 0 Å². The summed E-state index contributed by atoms with van der Waals surface area (Å²) >= 11 is 0. The van der Waals surface area contributed by atoms with Gasteiger partial charge in [0.1, 0.15) is 0 Å². The largest absolute Gasteiger partial charge is 0.399 e. The van der Waals surface area contributed by atoms with Crippen LogP contribution in [0.25, 0.3) is 0 Å². The van der Waals surface area contributed by atoms with E-state index in [2.05, 4.69) is 339 Å². The molecular weight excluding hydrogens is 1030 g/mol. The van der Waals surface area contributed by atoms with Gasteiger partial charge in [-0.3, -0.25) is 14.2 Å². The van der Waals surface area contributed by atoms with E-state index in [9.17, 15) is 0 Å². The fourth-order valence-corrected chi connectivity index (χ4v) is 21.3. The van der Waals surface area contributed by atoms with Crippen LogP contribution in [0.5, 0.6) is 0 Å². The highest BCUT2D eigenvalue weighted by atomic mass is 31.2. The molecule has 0 aliphatic heterocycles. The molecule has 0 spiro atoms. The Hall–Kier alpha value is -9.07. The zero-order chi connectivity index (χ0) is 54.0. The minimum Gasteiger partial charge on any atom is -0.399 e. The van der Waals surface area contributed by atoms with E-state index in [1.165, 1.54) is 31.8 Å². The Bertz CT molecular complexity index is 3660. The Morgan fingerprint density at radius 3 is 0.650 bits per heavy atom. The van der Waals surface area contributed by atoms with Crippen LogP contribution in [0, 0.1) is 0 Å². The van der Waals surface area contributed by atoms with E-state index in [-0.39, 0.29) is 0 Å². The lowest BCUT2D eigenvalue weighted by Crippen LogP contribution is -2.25. The van der Waals surface area contributed by atoms with Crippen molar-refractivity contribution in [2.24, 2.45) is 14.2 Å². The molecule has 0 saturated carbocycles. The summed E-state index contributed by atoms with van der Waals surface area (Å²) in [5.74, 6) is 0. The first kappa shape index (κ1) is 51.7. The molecule has 0 unspecified atom stereocenters. The van der Waals surface area contributed by atoms with Crippen molar-refractivity contribution >= 4 is 109 Å². The molecule has 386 valence electrons. The number of rotatable bonds is 15. The van der Waals surface area contributed by atoms with Crippen molar-refractivity contribution in [3.63, 3.8) is 0 Å². The van der Waals surface area contributed by atoms with E-state index in [0.717, 1.165) is 50.0 Å². The molecule has 0 bridgehead atoms. The normalized spacial score (nSPS) is 11.6. The molecule has 0 radical (unpaired) electrons. The molecule has 12 aromatic rings. The Kier molecular flexibility index (Phi) is 15.2. The van der Waals surface area contributed by atoms with Gasteiger partial charge in [0.2, 0.25) is 0 Å². The van der Waals surface area contributed by atoms with E-state index < -0.39 is 21.2 Å². The minimum absolute atomic E-state index is 0.600. The van der Waals surface area contributed by atoms with Crippen LogP contribution < -0.4 is 58.4 Å². The minimum atomic E-state index is -2.66. The third kappa shape index (κ3) is 10.3. The van der Waals surface area contributed by atoms with Gasteiger partial charge in [0, 0.05) is 64.8 Å². The molecule has 80 heavy (non-hydrogen) atoms. The topological polar surface area (TPSA) is 66.3 Å². The lowest BCUT2D eigenvalue weighted by molar-refractivity contribution is 1.28. The highest BCUT2D eigenvalue weighted by Crippen LogP contribution is 2.53. The van der Waals surface area contributed by atoms with Crippen LogP contribution >= 0.6 is 21.2 Å². The van der Waals surface area contributed by atoms with Gasteiger partial charge in [-0.15, -0.1) is 0 Å². The molecular formula is C72H58N5P3. The fraction of sp³-hybridized carbons (Fsp3) is 0. The van der Waals surface area contributed by atoms with Gasteiger partial charge in [0.05, 0.1) is 43.9 Å². The van der Waals surface area contributed by atoms with Gasteiger partial charge < -0.3 is 10.6 Å². The lowest BCUT2D eigenvalue weighted by atomic mass is 10.1. The first-order valence-corrected chi connectivity index (χ1v) is 32.0. The average Bonchev–Trinajstić information content (AvgIpc) is 3.60. The average molecular weight is 1090 g/mol. The second kappa shape index (κ2) is 23.5. The smallest absolute Gasteiger partial charge is 0.0666 e. The van der Waals surface area contributed by atoms with Gasteiger partial charge in [-0.2, -0.15) is 0 Å². The highest BCUT2D eigenvalue weighted by molar-refractivity contribution is 7.88. The van der Waals surface area contributed by atoms with E-state index in [1.807, 2.05) is 6.07 Å². The highest BCUT2D eigenvalue weighted by Gasteiger charge is 2.31. The monoisotopic (exact) mass is 1090 g/mol. The second-order valence-electron chi connectivity index (χ2n) is 19.4. The molecule has 12 rings (SSSR count). The predicted octanol–water partition coefficient (Wildman–Crippen LogP) is 16.2. The number of nitrogen functional groups attached to an aromatic ring is 1. The summed E-state index contributed by atoms with van der Waals surface area (Å²) in [6.07, 6.45) is 0. The van der Waals surface area contributed by atoms with Gasteiger partial charge in [-0.05, 0) is 66.7 Å². The van der Waals surface area contributed by atoms with Crippen molar-refractivity contribution in [1.29, 1.82) is 0 Å². The molecule has 0 atom stereocenters. The van der Waals surface area contributed by atoms with E-state index in [0.29, 0.717) is 5.69 Å². The molecule has 0 aliphatic carbocycles. The summed E-state index contributed by atoms with van der Waals surface area (Å²) < 4.78 is 17.7. The number of nitrogens with two attached hydrogens (primary N) is 1. The molecule has 5 nitrogen and oxygen atoms in total. The first-order valence-electron chi connectivity index (χ1n) is 26.8. The number of nitrogens with zero attached hydrogens (tertiary/aromatic N) is 4. The molecule has 8 heteroatoms. The van der Waals surface area contributed by atoms with Crippen LogP contribution in [-0.4, -0.2) is 0 Å². The maximum Gasteiger partial charge on any atom is 0.0666 e. The van der Waals surface area contributed by atoms with Crippen LogP contribution in [0.15, 0.2) is 354 Å². The molecule has 0 aliphatic rings. The summed E-state index contributed by atoms with van der Waals surface area (Å²) in [6, 6.07) is 120. The summed E-state index contributed by atoms with van der Waals surface area (Å²) in [5, 5.41) is 10.6. The number of hydrogen-bond donors (Lipinski definition) is 1. The number of benzene rings is 12. The van der Waals surface area contributed by atoms with Gasteiger partial charge >= 0.3 is 0 Å². The Morgan fingerprint density at radius 1 is 0.212 bits per heavy atom. The zero-order valence-electron chi connectivity index (χ0n) is 44.0. The van der Waals surface area contributed by atoms with Crippen LogP contribution in [0.4, 0.5) is 39.8 Å². The van der Waals surface area contributed by atoms with Crippen LogP contribution in [0.3, 0.4) is 0 Å². The summed E-state index contributed by atoms with van der Waals surface area (Å²) in [6.45, 7) is 0. The van der Waals surface area contributed by atoms with Crippen LogP contribution in [0.1, 0.15) is 0 Å². The molecule has 0 fully saturated rings. The van der Waals surface area contributed by atoms with Gasteiger partial charge in [0.15, 0.2) is 0 Å². The van der Waals surface area contributed by atoms with Crippen molar-refractivity contribution in [2.75, 3.05) is 10.6 Å². The summed E-state index contributed by atoms with van der Waals surface area (Å²) in [5.41, 5.74) is 13.0. The van der Waals surface area contributed by atoms with Crippen molar-refractivity contribution in [3.8, 4) is 0 Å². The maximum absolute atomic E-state index is 7.11. The standard InChI is InChI=1S/C72H58N5P3/c73-57-54-60(76-80(70-40-22-7-23-41-70,71-42-24-8-25-43-71)72-44-26-9-27-45-72)56-63(55-57)77(61-50-46-58(47-51-61)74-78(64-28-10-1-11-29-64,65-30-12-2-13-31-65)66-32-14-3-15-33-66)62-52-48-59(49-53-62)75-79(67-34-16-4-17-35-67,68-36-18-5-19-37-68)69-38-20-6-21-39-69/h1-56H,73H2. The van der Waals surface area contributed by atoms with Crippen molar-refractivity contribution in [2.45, 2.75) is 0 Å². The molecule has 12 aromatic carbocycles. The first-order chi connectivity index (χ1) is 39.5. The van der Waals surface area contributed by atoms with Crippen molar-refractivity contribution in [1.82, 2.24) is 0 Å². The van der Waals surface area contributed by atoms with Gasteiger partial charge in [0.25, 0.3) is 0 Å². The Balaban J connectivity index is 1.07. The fourth-order valence-electron chi connectivity index (χ4n) is 10.8. The zero-order valence-corrected chi connectivity index (χ0v) is 46.7. The summed E-state index contributed by atoms with van der Waals surface area (Å²) in [7, 11) is -7.77. The molecule has 0 aromatic heterocycles. The molecule has 0 heterocycles. The molecule has 2 N–H and O–H groups in total. The third-order valence-corrected chi connectivity index (χ3v) is 25.4. The van der Waals surface area contributed by atoms with E-state index in [4.69, 9.17) is 20.0 Å². The van der Waals surface area contributed by atoms with E-state index >= 15 is 0 Å². The second-order valence-corrected chi connectivity index (χ2v) is 28.4. The third-order valence-electron chi connectivity index (χ3n) is 14.4. The van der Waals surface area contributed by atoms with Crippen LogP contribution in [-0.2, 0) is 0 Å². The maximum atomic E-state index is 7.11. The van der Waals surface area contributed by atoms with Gasteiger partial charge in [-0.25, -0.2) is 0 Å². The lowest BCUT2D eigenvalue weighted by Gasteiger charge is -2.29. The van der Waals surface area contributed by atoms with Crippen molar-refractivity contribution in [3.05, 3.63) is 340 Å². The molecule has 0 saturated heterocycles.